The van der Waals surface area contributed by atoms with Gasteiger partial charge < -0.3 is 19.3 Å². The predicted molar refractivity (Wildman–Crippen MR) is 202 cm³/mol. The highest BCUT2D eigenvalue weighted by atomic mass is 31.2. The molecule has 0 rings (SSSR count). The van der Waals surface area contributed by atoms with Crippen LogP contribution >= 0.6 is 7.82 Å². The summed E-state index contributed by atoms with van der Waals surface area (Å²) in [6, 6.07) is 0. The van der Waals surface area contributed by atoms with E-state index in [4.69, 9.17) is 19.3 Å². The predicted octanol–water partition coefficient (Wildman–Crippen LogP) is 11.3. The third kappa shape index (κ3) is 38.4. The van der Waals surface area contributed by atoms with E-state index in [1.54, 1.807) is 0 Å². The number of rotatable bonds is 34. The first kappa shape index (κ1) is 46.8. The molecular formula is C40H69O8P. The third-order valence-electron chi connectivity index (χ3n) is 7.76. The van der Waals surface area contributed by atoms with Crippen LogP contribution in [0.3, 0.4) is 0 Å². The average molecular weight is 709 g/mol. The quantitative estimate of drug-likeness (QED) is 0.0293. The molecule has 0 saturated carbocycles. The van der Waals surface area contributed by atoms with Gasteiger partial charge in [-0.2, -0.15) is 0 Å². The molecule has 0 aliphatic carbocycles. The van der Waals surface area contributed by atoms with E-state index in [0.717, 1.165) is 77.0 Å². The molecule has 0 aromatic heterocycles. The van der Waals surface area contributed by atoms with Gasteiger partial charge in [0, 0.05) is 12.8 Å². The fourth-order valence-electron chi connectivity index (χ4n) is 4.88. The largest absolute Gasteiger partial charge is 0.469 e. The molecule has 1 atom stereocenters. The number of ether oxygens (including phenoxy) is 2. The van der Waals surface area contributed by atoms with Gasteiger partial charge in [-0.05, 0) is 83.5 Å². The number of carbonyl (C=O) groups excluding carboxylic acids is 2. The van der Waals surface area contributed by atoms with Crippen molar-refractivity contribution in [2.24, 2.45) is 0 Å². The summed E-state index contributed by atoms with van der Waals surface area (Å²) in [5, 5.41) is 0. The first-order chi connectivity index (χ1) is 23.8. The Kier molecular flexibility index (Phi) is 33.9. The van der Waals surface area contributed by atoms with Gasteiger partial charge in [-0.15, -0.1) is 0 Å². The van der Waals surface area contributed by atoms with E-state index in [1.807, 2.05) is 0 Å². The molecule has 2 N–H and O–H groups in total. The molecule has 8 nitrogen and oxygen atoms in total. The zero-order valence-corrected chi connectivity index (χ0v) is 31.7. The van der Waals surface area contributed by atoms with Crippen LogP contribution in [0.25, 0.3) is 0 Å². The van der Waals surface area contributed by atoms with Gasteiger partial charge in [-0.1, -0.05) is 126 Å². The third-order valence-corrected chi connectivity index (χ3v) is 8.24. The van der Waals surface area contributed by atoms with Gasteiger partial charge in [0.15, 0.2) is 6.10 Å². The Labute approximate surface area is 298 Å². The van der Waals surface area contributed by atoms with E-state index in [1.165, 1.54) is 44.9 Å². The highest BCUT2D eigenvalue weighted by Gasteiger charge is 2.22. The molecule has 0 fully saturated rings. The van der Waals surface area contributed by atoms with Crippen molar-refractivity contribution in [2.75, 3.05) is 13.2 Å². The van der Waals surface area contributed by atoms with Crippen LogP contribution in [-0.4, -0.2) is 41.0 Å². The Morgan fingerprint density at radius 3 is 1.41 bits per heavy atom. The first-order valence-electron chi connectivity index (χ1n) is 19.1. The minimum absolute atomic E-state index is 0.192. The van der Waals surface area contributed by atoms with Crippen LogP contribution in [0.2, 0.25) is 0 Å². The number of hydrogen-bond donors (Lipinski definition) is 2. The molecule has 0 saturated heterocycles. The summed E-state index contributed by atoms with van der Waals surface area (Å²) in [6.07, 6.45) is 43.7. The van der Waals surface area contributed by atoms with Crippen molar-refractivity contribution in [3.05, 3.63) is 60.8 Å². The SMILES string of the molecule is CCCCC/C=C/C/C=C/C/C=C/C/C=C/CCCCCC(=O)OC[C@H](COP(=O)(O)O)OC(=O)CCCCCCC/C=C/CCCCC. The summed E-state index contributed by atoms with van der Waals surface area (Å²) in [5.41, 5.74) is 0. The molecule has 0 heterocycles. The van der Waals surface area contributed by atoms with Crippen molar-refractivity contribution < 1.29 is 37.9 Å². The van der Waals surface area contributed by atoms with Gasteiger partial charge in [-0.25, -0.2) is 4.57 Å². The number of allylic oxidation sites excluding steroid dienone is 10. The van der Waals surface area contributed by atoms with Crippen LogP contribution < -0.4 is 0 Å². The van der Waals surface area contributed by atoms with Gasteiger partial charge >= 0.3 is 19.8 Å². The lowest BCUT2D eigenvalue weighted by atomic mass is 10.1. The van der Waals surface area contributed by atoms with E-state index in [-0.39, 0.29) is 19.4 Å². The number of carbonyl (C=O) groups is 2. The Bertz CT molecular complexity index is 979. The van der Waals surface area contributed by atoms with Crippen LogP contribution in [0, 0.1) is 0 Å². The molecule has 9 heteroatoms. The second-order valence-electron chi connectivity index (χ2n) is 12.5. The molecule has 0 radical (unpaired) electrons. The Morgan fingerprint density at radius 2 is 0.918 bits per heavy atom. The summed E-state index contributed by atoms with van der Waals surface area (Å²) in [4.78, 5) is 42.7. The van der Waals surface area contributed by atoms with Gasteiger partial charge in [0.25, 0.3) is 0 Å². The number of esters is 2. The zero-order chi connectivity index (χ0) is 36.1. The standard InChI is InChI=1S/C40H69O8P/c1-3-5-7-9-11-13-15-17-18-19-20-21-22-23-25-26-28-30-32-34-39(41)46-36-38(37-47-49(43,44)45)48-40(42)35-33-31-29-27-24-16-14-12-10-8-6-4-2/h11-14,17-18,20-21,23,25,38H,3-10,15-16,19,22,24,26-37H2,1-2H3,(H2,43,44,45)/b13-11+,14-12+,18-17+,21-20+,25-23+/t38-/m1/s1. The van der Waals surface area contributed by atoms with Crippen molar-refractivity contribution in [3.63, 3.8) is 0 Å². The van der Waals surface area contributed by atoms with Crippen LogP contribution in [0.5, 0.6) is 0 Å². The Hall–Kier alpha value is -2.25. The number of hydrogen-bond acceptors (Lipinski definition) is 6. The van der Waals surface area contributed by atoms with Crippen molar-refractivity contribution in [1.29, 1.82) is 0 Å². The normalized spacial score (nSPS) is 13.1. The second-order valence-corrected chi connectivity index (χ2v) is 13.8. The number of unbranched alkanes of at least 4 members (excludes halogenated alkanes) is 14. The summed E-state index contributed by atoms with van der Waals surface area (Å²) < 4.78 is 26.3. The van der Waals surface area contributed by atoms with Gasteiger partial charge in [-0.3, -0.25) is 14.1 Å². The molecule has 282 valence electrons. The maximum absolute atomic E-state index is 12.3. The van der Waals surface area contributed by atoms with Crippen LogP contribution in [0.1, 0.15) is 162 Å². The van der Waals surface area contributed by atoms with Crippen molar-refractivity contribution in [2.45, 2.75) is 168 Å². The lowest BCUT2D eigenvalue weighted by Crippen LogP contribution is -2.29. The smallest absolute Gasteiger partial charge is 0.462 e. The maximum Gasteiger partial charge on any atom is 0.469 e. The summed E-state index contributed by atoms with van der Waals surface area (Å²) in [5.74, 6) is -0.937. The highest BCUT2D eigenvalue weighted by molar-refractivity contribution is 7.46. The molecule has 0 bridgehead atoms. The van der Waals surface area contributed by atoms with E-state index in [0.29, 0.717) is 12.8 Å². The zero-order valence-electron chi connectivity index (χ0n) is 30.8. The minimum Gasteiger partial charge on any atom is -0.462 e. The molecule has 0 aliphatic heterocycles. The van der Waals surface area contributed by atoms with Crippen LogP contribution in [0.4, 0.5) is 0 Å². The van der Waals surface area contributed by atoms with E-state index in [9.17, 15) is 14.2 Å². The van der Waals surface area contributed by atoms with Gasteiger partial charge in [0.05, 0.1) is 6.61 Å². The molecule has 0 aromatic rings. The van der Waals surface area contributed by atoms with Crippen molar-refractivity contribution in [1.82, 2.24) is 0 Å². The lowest BCUT2D eigenvalue weighted by molar-refractivity contribution is -0.161. The van der Waals surface area contributed by atoms with Gasteiger partial charge in [0.1, 0.15) is 6.61 Å². The highest BCUT2D eigenvalue weighted by Crippen LogP contribution is 2.36. The molecule has 0 unspecified atom stereocenters. The first-order valence-corrected chi connectivity index (χ1v) is 20.6. The minimum atomic E-state index is -4.76. The van der Waals surface area contributed by atoms with Crippen molar-refractivity contribution >= 4 is 19.8 Å². The van der Waals surface area contributed by atoms with E-state index >= 15 is 0 Å². The van der Waals surface area contributed by atoms with Crippen molar-refractivity contribution in [3.8, 4) is 0 Å². The molecule has 49 heavy (non-hydrogen) atoms. The van der Waals surface area contributed by atoms with E-state index in [2.05, 4.69) is 79.1 Å². The fourth-order valence-corrected chi connectivity index (χ4v) is 5.24. The average Bonchev–Trinajstić information content (AvgIpc) is 3.07. The summed E-state index contributed by atoms with van der Waals surface area (Å²) in [6.45, 7) is 3.58. The Morgan fingerprint density at radius 1 is 0.531 bits per heavy atom. The molecular weight excluding hydrogens is 639 g/mol. The molecule has 0 aliphatic rings. The molecule has 0 spiro atoms. The lowest BCUT2D eigenvalue weighted by Gasteiger charge is -2.18. The van der Waals surface area contributed by atoms with Crippen LogP contribution in [0.15, 0.2) is 60.8 Å². The van der Waals surface area contributed by atoms with Crippen LogP contribution in [-0.2, 0) is 28.2 Å². The number of phosphoric acid groups is 1. The monoisotopic (exact) mass is 708 g/mol. The summed E-state index contributed by atoms with van der Waals surface area (Å²) >= 11 is 0. The topological polar surface area (TPSA) is 119 Å². The van der Waals surface area contributed by atoms with E-state index < -0.39 is 32.5 Å². The number of phosphoric ester groups is 1. The summed E-state index contributed by atoms with van der Waals surface area (Å²) in [7, 11) is -4.76. The second kappa shape index (κ2) is 35.6. The van der Waals surface area contributed by atoms with Gasteiger partial charge in [0.2, 0.25) is 0 Å². The Balaban J connectivity index is 4.04. The molecule has 0 aromatic carbocycles. The molecule has 0 amide bonds. The fraction of sp³-hybridized carbons (Fsp3) is 0.700. The maximum atomic E-state index is 12.3.